The van der Waals surface area contributed by atoms with Gasteiger partial charge in [-0.25, -0.2) is 13.7 Å². The monoisotopic (exact) mass is 360 g/mol. The lowest BCUT2D eigenvalue weighted by Gasteiger charge is -2.25. The molecule has 0 radical (unpaired) electrons. The number of rotatable bonds is 6. The van der Waals surface area contributed by atoms with Crippen LogP contribution in [-0.4, -0.2) is 42.5 Å². The number of alkyl halides is 2. The first-order chi connectivity index (χ1) is 10.2. The van der Waals surface area contributed by atoms with E-state index in [1.165, 1.54) is 0 Å². The summed E-state index contributed by atoms with van der Waals surface area (Å²) in [6, 6.07) is 0. The van der Waals surface area contributed by atoms with E-state index in [0.29, 0.717) is 12.8 Å². The summed E-state index contributed by atoms with van der Waals surface area (Å²) in [5, 5.41) is 6.48. The first kappa shape index (κ1) is 16.4. The second-order valence-electron chi connectivity index (χ2n) is 5.95. The lowest BCUT2D eigenvalue weighted by atomic mass is 9.83. The molecule has 0 aromatic carbocycles. The molecule has 11 heteroatoms. The summed E-state index contributed by atoms with van der Waals surface area (Å²) in [5.74, 6) is -1.75. The van der Waals surface area contributed by atoms with E-state index in [2.05, 4.69) is 14.1 Å². The van der Waals surface area contributed by atoms with Crippen molar-refractivity contribution >= 4 is 27.8 Å². The molecule has 1 heterocycles. The van der Waals surface area contributed by atoms with Gasteiger partial charge in [0.2, 0.25) is 0 Å². The molecule has 0 aromatic rings. The first-order valence-corrected chi connectivity index (χ1v) is 9.13. The molecule has 7 nitrogen and oxygen atoms in total. The molecule has 2 bridgehead atoms. The minimum atomic E-state index is -3.62. The van der Waals surface area contributed by atoms with Gasteiger partial charge in [0.25, 0.3) is 0 Å². The van der Waals surface area contributed by atoms with Crippen LogP contribution in [0.25, 0.3) is 0 Å². The van der Waals surface area contributed by atoms with Crippen molar-refractivity contribution in [2.24, 2.45) is 23.7 Å². The van der Waals surface area contributed by atoms with E-state index in [1.807, 2.05) is 0 Å². The van der Waals surface area contributed by atoms with Crippen molar-refractivity contribution in [3.05, 3.63) is 0 Å². The molecule has 2 saturated carbocycles. The molecule has 1 aliphatic heterocycles. The Hall–Kier alpha value is -0.490. The summed E-state index contributed by atoms with van der Waals surface area (Å²) >= 11 is -0.508. The van der Waals surface area contributed by atoms with Crippen LogP contribution in [0.2, 0.25) is 0 Å². The SMILES string of the molecule is O=C(OCC(F)(F)SOOO)C1C2CC3CS(=O)(=O)C1C3C2. The highest BCUT2D eigenvalue weighted by molar-refractivity contribution is 7.95. The number of carbonyl (C=O) groups excluding carboxylic acids is 1. The van der Waals surface area contributed by atoms with Gasteiger partial charge in [-0.15, -0.1) is 4.33 Å². The number of carbonyl (C=O) groups is 1. The van der Waals surface area contributed by atoms with Crippen LogP contribution in [0, 0.1) is 23.7 Å². The number of hydrogen-bond acceptors (Lipinski definition) is 8. The smallest absolute Gasteiger partial charge is 0.354 e. The van der Waals surface area contributed by atoms with Gasteiger partial charge in [-0.1, -0.05) is 5.04 Å². The number of halogens is 2. The zero-order valence-electron chi connectivity index (χ0n) is 11.2. The van der Waals surface area contributed by atoms with E-state index in [0.717, 1.165) is 0 Å². The molecule has 1 N–H and O–H groups in total. The van der Waals surface area contributed by atoms with E-state index < -0.39 is 50.9 Å². The standard InChI is InChI=1S/C11H14F2O7S2/c12-11(13,21-20-19-15)4-18-10(14)8-5-1-6-3-22(16,17)9(8)7(6)2-5/h5-9,15H,1-4H2. The van der Waals surface area contributed by atoms with E-state index in [-0.39, 0.29) is 23.5 Å². The van der Waals surface area contributed by atoms with Crippen LogP contribution >= 0.6 is 12.0 Å². The maximum absolute atomic E-state index is 13.2. The Labute approximate surface area is 129 Å². The summed E-state index contributed by atoms with van der Waals surface area (Å²) in [6.07, 6.45) is 1.27. The fourth-order valence-corrected chi connectivity index (χ4v) is 7.28. The zero-order valence-corrected chi connectivity index (χ0v) is 12.8. The highest BCUT2D eigenvalue weighted by Crippen LogP contribution is 2.59. The third-order valence-electron chi connectivity index (χ3n) is 4.77. The molecule has 3 rings (SSSR count). The van der Waals surface area contributed by atoms with Gasteiger partial charge in [0, 0.05) is 0 Å². The lowest BCUT2D eigenvalue weighted by molar-refractivity contribution is -0.433. The number of hydrogen-bond donors (Lipinski definition) is 1. The van der Waals surface area contributed by atoms with Crippen LogP contribution in [0.5, 0.6) is 0 Å². The molecule has 0 spiro atoms. The van der Waals surface area contributed by atoms with Crippen LogP contribution in [0.4, 0.5) is 8.78 Å². The molecule has 126 valence electrons. The fraction of sp³-hybridized carbons (Fsp3) is 0.909. The van der Waals surface area contributed by atoms with Crippen molar-refractivity contribution in [2.45, 2.75) is 23.3 Å². The topological polar surface area (TPSA) is 99.1 Å². The molecular formula is C11H14F2O7S2. The van der Waals surface area contributed by atoms with Crippen molar-refractivity contribution in [3.63, 3.8) is 0 Å². The molecule has 3 fully saturated rings. The third kappa shape index (κ3) is 2.73. The predicted octanol–water partition coefficient (Wildman–Crippen LogP) is 1.26. The Morgan fingerprint density at radius 3 is 2.73 bits per heavy atom. The lowest BCUT2D eigenvalue weighted by Crippen LogP contribution is -2.38. The Morgan fingerprint density at radius 1 is 1.32 bits per heavy atom. The third-order valence-corrected chi connectivity index (χ3v) is 7.63. The number of ether oxygens (including phenoxy) is 1. The molecule has 2 aliphatic carbocycles. The van der Waals surface area contributed by atoms with E-state index in [4.69, 9.17) is 5.26 Å². The second-order valence-corrected chi connectivity index (χ2v) is 9.05. The van der Waals surface area contributed by atoms with Gasteiger partial charge in [0.05, 0.1) is 16.9 Å². The maximum Gasteiger partial charge on any atom is 0.354 e. The number of esters is 1. The maximum atomic E-state index is 13.2. The molecular weight excluding hydrogens is 346 g/mol. The highest BCUT2D eigenvalue weighted by atomic mass is 32.2. The zero-order chi connectivity index (χ0) is 16.1. The highest BCUT2D eigenvalue weighted by Gasteiger charge is 2.65. The van der Waals surface area contributed by atoms with Gasteiger partial charge >= 0.3 is 11.2 Å². The van der Waals surface area contributed by atoms with Gasteiger partial charge in [-0.05, 0) is 30.6 Å². The normalized spacial score (nSPS) is 38.4. The van der Waals surface area contributed by atoms with Crippen molar-refractivity contribution in [3.8, 4) is 0 Å². The Balaban J connectivity index is 1.64. The van der Waals surface area contributed by atoms with Crippen molar-refractivity contribution in [1.29, 1.82) is 0 Å². The summed E-state index contributed by atoms with van der Waals surface area (Å²) in [6.45, 7) is -1.29. The van der Waals surface area contributed by atoms with E-state index in [1.54, 1.807) is 0 Å². The summed E-state index contributed by atoms with van der Waals surface area (Å²) in [4.78, 5) is 12.1. The second kappa shape index (κ2) is 5.55. The van der Waals surface area contributed by atoms with Crippen LogP contribution in [0.15, 0.2) is 0 Å². The largest absolute Gasteiger partial charge is 0.458 e. The van der Waals surface area contributed by atoms with Crippen molar-refractivity contribution in [2.75, 3.05) is 12.4 Å². The van der Waals surface area contributed by atoms with Crippen molar-refractivity contribution in [1.82, 2.24) is 0 Å². The predicted molar refractivity (Wildman–Crippen MR) is 69.1 cm³/mol. The summed E-state index contributed by atoms with van der Waals surface area (Å²) < 4.78 is 58.9. The molecule has 5 unspecified atom stereocenters. The van der Waals surface area contributed by atoms with Gasteiger partial charge in [0.15, 0.2) is 16.4 Å². The van der Waals surface area contributed by atoms with Gasteiger partial charge in [-0.3, -0.25) is 4.79 Å². The average Bonchev–Trinajstić information content (AvgIpc) is 3.03. The minimum Gasteiger partial charge on any atom is -0.458 e. The molecule has 3 aliphatic rings. The average molecular weight is 360 g/mol. The Morgan fingerprint density at radius 2 is 2.05 bits per heavy atom. The number of fused-ring (bicyclic) bond motifs is 1. The van der Waals surface area contributed by atoms with Gasteiger partial charge < -0.3 is 4.74 Å². The van der Waals surface area contributed by atoms with Gasteiger partial charge in [-0.2, -0.15) is 8.78 Å². The Kier molecular flexibility index (Phi) is 4.13. The fourth-order valence-electron chi connectivity index (χ4n) is 4.19. The quantitative estimate of drug-likeness (QED) is 0.327. The Bertz CT molecular complexity index is 565. The molecule has 0 amide bonds. The van der Waals surface area contributed by atoms with E-state index in [9.17, 15) is 22.0 Å². The van der Waals surface area contributed by atoms with Gasteiger partial charge in [0.1, 0.15) is 12.0 Å². The van der Waals surface area contributed by atoms with Crippen LogP contribution in [-0.2, 0) is 28.7 Å². The first-order valence-electron chi connectivity index (χ1n) is 6.67. The summed E-state index contributed by atoms with van der Waals surface area (Å²) in [7, 11) is -3.36. The van der Waals surface area contributed by atoms with Crippen LogP contribution in [0.3, 0.4) is 0 Å². The summed E-state index contributed by atoms with van der Waals surface area (Å²) in [5.41, 5.74) is 0. The van der Waals surface area contributed by atoms with Crippen molar-refractivity contribution < 1.29 is 41.4 Å². The molecule has 0 aromatic heterocycles. The van der Waals surface area contributed by atoms with Crippen LogP contribution in [0.1, 0.15) is 12.8 Å². The molecule has 1 saturated heterocycles. The number of sulfone groups is 1. The van der Waals surface area contributed by atoms with Crippen LogP contribution < -0.4 is 0 Å². The minimum absolute atomic E-state index is 0.0476. The molecule has 5 atom stereocenters. The van der Waals surface area contributed by atoms with E-state index >= 15 is 0 Å². The molecule has 22 heavy (non-hydrogen) atoms.